The minimum atomic E-state index is -0.483. The predicted octanol–water partition coefficient (Wildman–Crippen LogP) is 4.43. The minimum absolute atomic E-state index is 0.00259. The Morgan fingerprint density at radius 2 is 1.86 bits per heavy atom. The van der Waals surface area contributed by atoms with Crippen LogP contribution in [0.25, 0.3) is 0 Å². The van der Waals surface area contributed by atoms with E-state index in [1.807, 2.05) is 37.8 Å². The number of nitrogens with zero attached hydrogens (tertiary/aromatic N) is 2. The van der Waals surface area contributed by atoms with Crippen molar-refractivity contribution in [1.82, 2.24) is 9.88 Å². The van der Waals surface area contributed by atoms with Crippen molar-refractivity contribution in [1.29, 1.82) is 0 Å². The summed E-state index contributed by atoms with van der Waals surface area (Å²) in [6.45, 7) is 12.7. The largest absolute Gasteiger partial charge is 0.444 e. The van der Waals surface area contributed by atoms with Crippen LogP contribution in [-0.4, -0.2) is 28.1 Å². The number of pyridine rings is 1. The maximum atomic E-state index is 12.6. The number of hydrogen-bond donors (Lipinski definition) is 0. The fourth-order valence-electron chi connectivity index (χ4n) is 2.39. The van der Waals surface area contributed by atoms with Crippen molar-refractivity contribution in [3.63, 3.8) is 0 Å². The number of hydrogen-bond acceptors (Lipinski definition) is 3. The Balaban J connectivity index is 3.07. The molecule has 0 fully saturated rings. The molecule has 1 amide bonds. The molecule has 21 heavy (non-hydrogen) atoms. The molecule has 1 unspecified atom stereocenters. The van der Waals surface area contributed by atoms with Gasteiger partial charge in [0.25, 0.3) is 0 Å². The third kappa shape index (κ3) is 5.37. The number of carbonyl (C=O) groups is 1. The van der Waals surface area contributed by atoms with Gasteiger partial charge in [0.15, 0.2) is 0 Å². The fraction of sp³-hybridized carbons (Fsp3) is 0.647. The Bertz CT molecular complexity index is 438. The average molecular weight is 292 g/mol. The Morgan fingerprint density at radius 1 is 1.29 bits per heavy atom. The second-order valence-corrected chi connectivity index (χ2v) is 6.64. The highest BCUT2D eigenvalue weighted by molar-refractivity contribution is 5.69. The van der Waals surface area contributed by atoms with E-state index in [4.69, 9.17) is 4.74 Å². The molecule has 118 valence electrons. The van der Waals surface area contributed by atoms with Crippen molar-refractivity contribution < 1.29 is 9.53 Å². The van der Waals surface area contributed by atoms with Gasteiger partial charge in [0.1, 0.15) is 5.60 Å². The molecule has 0 bridgehead atoms. The number of aromatic nitrogens is 1. The molecule has 1 aromatic heterocycles. The summed E-state index contributed by atoms with van der Waals surface area (Å²) in [5.74, 6) is 0.298. The first-order valence-electron chi connectivity index (χ1n) is 7.65. The summed E-state index contributed by atoms with van der Waals surface area (Å²) in [5.41, 5.74) is 0.613. The lowest BCUT2D eigenvalue weighted by Crippen LogP contribution is -2.41. The molecule has 1 atom stereocenters. The topological polar surface area (TPSA) is 42.4 Å². The fourth-order valence-corrected chi connectivity index (χ4v) is 2.39. The summed E-state index contributed by atoms with van der Waals surface area (Å²) in [6, 6.07) is 3.94. The molecule has 4 heteroatoms. The van der Waals surface area contributed by atoms with Gasteiger partial charge in [-0.3, -0.25) is 4.98 Å². The second kappa shape index (κ2) is 7.43. The molecule has 0 radical (unpaired) electrons. The monoisotopic (exact) mass is 292 g/mol. The van der Waals surface area contributed by atoms with Gasteiger partial charge >= 0.3 is 6.09 Å². The van der Waals surface area contributed by atoms with Gasteiger partial charge in [0.05, 0.1) is 6.04 Å². The zero-order valence-corrected chi connectivity index (χ0v) is 14.1. The van der Waals surface area contributed by atoms with Gasteiger partial charge in [-0.15, -0.1) is 0 Å². The lowest BCUT2D eigenvalue weighted by molar-refractivity contribution is 0.0106. The Kier molecular flexibility index (Phi) is 6.19. The molecular weight excluding hydrogens is 264 g/mol. The van der Waals surface area contributed by atoms with Gasteiger partial charge in [-0.05, 0) is 50.8 Å². The summed E-state index contributed by atoms with van der Waals surface area (Å²) in [4.78, 5) is 18.5. The Morgan fingerprint density at radius 3 is 2.29 bits per heavy atom. The molecule has 0 spiro atoms. The van der Waals surface area contributed by atoms with Gasteiger partial charge < -0.3 is 9.64 Å². The standard InChI is InChI=1S/C17H28N2O2/c1-7-12-19(16(20)21-17(4,5)6)15(13(2)3)14-8-10-18-11-9-14/h8-11,13,15H,7,12H2,1-6H3. The third-order valence-electron chi connectivity index (χ3n) is 3.11. The Labute approximate surface area is 128 Å². The van der Waals surface area contributed by atoms with E-state index in [1.165, 1.54) is 0 Å². The number of carbonyl (C=O) groups excluding carboxylic acids is 1. The third-order valence-corrected chi connectivity index (χ3v) is 3.11. The van der Waals surface area contributed by atoms with Crippen molar-refractivity contribution in [2.45, 2.75) is 59.6 Å². The molecule has 1 rings (SSSR count). The van der Waals surface area contributed by atoms with E-state index in [1.54, 1.807) is 12.4 Å². The molecule has 0 N–H and O–H groups in total. The normalized spacial score (nSPS) is 13.1. The maximum Gasteiger partial charge on any atom is 0.410 e. The van der Waals surface area contributed by atoms with Crippen LogP contribution in [0.3, 0.4) is 0 Å². The van der Waals surface area contributed by atoms with Crippen molar-refractivity contribution in [3.8, 4) is 0 Å². The highest BCUT2D eigenvalue weighted by Crippen LogP contribution is 2.29. The highest BCUT2D eigenvalue weighted by Gasteiger charge is 2.30. The van der Waals surface area contributed by atoms with Crippen LogP contribution < -0.4 is 0 Å². The van der Waals surface area contributed by atoms with Gasteiger partial charge in [0.2, 0.25) is 0 Å². The average Bonchev–Trinajstić information content (AvgIpc) is 2.37. The predicted molar refractivity (Wildman–Crippen MR) is 85.0 cm³/mol. The minimum Gasteiger partial charge on any atom is -0.444 e. The lowest BCUT2D eigenvalue weighted by Gasteiger charge is -2.36. The number of amides is 1. The van der Waals surface area contributed by atoms with Crippen molar-refractivity contribution >= 4 is 6.09 Å². The first-order chi connectivity index (χ1) is 9.76. The van der Waals surface area contributed by atoms with E-state index in [2.05, 4.69) is 25.8 Å². The summed E-state index contributed by atoms with van der Waals surface area (Å²) < 4.78 is 5.58. The van der Waals surface area contributed by atoms with E-state index in [0.29, 0.717) is 12.5 Å². The van der Waals surface area contributed by atoms with Crippen LogP contribution in [0.2, 0.25) is 0 Å². The first-order valence-corrected chi connectivity index (χ1v) is 7.65. The molecule has 0 aliphatic rings. The Hall–Kier alpha value is -1.58. The SMILES string of the molecule is CCCN(C(=O)OC(C)(C)C)C(c1ccncc1)C(C)C. The van der Waals surface area contributed by atoms with E-state index in [-0.39, 0.29) is 12.1 Å². The van der Waals surface area contributed by atoms with Crippen LogP contribution in [0.15, 0.2) is 24.5 Å². The summed E-state index contributed by atoms with van der Waals surface area (Å²) in [5, 5.41) is 0. The van der Waals surface area contributed by atoms with Gasteiger partial charge in [0, 0.05) is 18.9 Å². The van der Waals surface area contributed by atoms with Crippen molar-refractivity contribution in [2.75, 3.05) is 6.54 Å². The summed E-state index contributed by atoms with van der Waals surface area (Å²) in [7, 11) is 0. The molecule has 0 saturated heterocycles. The van der Waals surface area contributed by atoms with Crippen molar-refractivity contribution in [2.24, 2.45) is 5.92 Å². The van der Waals surface area contributed by atoms with E-state index < -0.39 is 5.60 Å². The van der Waals surface area contributed by atoms with E-state index >= 15 is 0 Å². The van der Waals surface area contributed by atoms with Crippen LogP contribution in [0.4, 0.5) is 4.79 Å². The van der Waals surface area contributed by atoms with Crippen molar-refractivity contribution in [3.05, 3.63) is 30.1 Å². The van der Waals surface area contributed by atoms with Crippen LogP contribution in [0.5, 0.6) is 0 Å². The smallest absolute Gasteiger partial charge is 0.410 e. The first kappa shape index (κ1) is 17.5. The molecule has 0 aliphatic heterocycles. The van der Waals surface area contributed by atoms with Crippen LogP contribution in [0.1, 0.15) is 59.6 Å². The highest BCUT2D eigenvalue weighted by atomic mass is 16.6. The maximum absolute atomic E-state index is 12.6. The van der Waals surface area contributed by atoms with Gasteiger partial charge in [-0.1, -0.05) is 20.8 Å². The quantitative estimate of drug-likeness (QED) is 0.806. The molecule has 1 heterocycles. The number of ether oxygens (including phenoxy) is 1. The van der Waals surface area contributed by atoms with E-state index in [9.17, 15) is 4.79 Å². The molecule has 0 aliphatic carbocycles. The summed E-state index contributed by atoms with van der Waals surface area (Å²) in [6.07, 6.45) is 4.18. The van der Waals surface area contributed by atoms with Gasteiger partial charge in [-0.25, -0.2) is 4.79 Å². The molecule has 1 aromatic rings. The second-order valence-electron chi connectivity index (χ2n) is 6.64. The van der Waals surface area contributed by atoms with Crippen LogP contribution in [0, 0.1) is 5.92 Å². The lowest BCUT2D eigenvalue weighted by atomic mass is 9.95. The summed E-state index contributed by atoms with van der Waals surface area (Å²) >= 11 is 0. The molecular formula is C17H28N2O2. The van der Waals surface area contributed by atoms with E-state index in [0.717, 1.165) is 12.0 Å². The zero-order chi connectivity index (χ0) is 16.0. The molecule has 4 nitrogen and oxygen atoms in total. The van der Waals surface area contributed by atoms with Gasteiger partial charge in [-0.2, -0.15) is 0 Å². The van der Waals surface area contributed by atoms with Crippen LogP contribution >= 0.6 is 0 Å². The molecule has 0 saturated carbocycles. The number of rotatable bonds is 5. The van der Waals surface area contributed by atoms with Crippen LogP contribution in [-0.2, 0) is 4.74 Å². The molecule has 0 aromatic carbocycles. The zero-order valence-electron chi connectivity index (χ0n) is 14.1.